The molecule has 1 aromatic rings. The van der Waals surface area contributed by atoms with Gasteiger partial charge in [0.15, 0.2) is 11.5 Å². The topological polar surface area (TPSA) is 38.7 Å². The number of hydrogen-bond donors (Lipinski definition) is 1. The molecule has 19 heavy (non-hydrogen) atoms. The van der Waals surface area contributed by atoms with Gasteiger partial charge in [0.1, 0.15) is 0 Å². The van der Waals surface area contributed by atoms with Crippen LogP contribution < -0.4 is 9.47 Å². The van der Waals surface area contributed by atoms with Gasteiger partial charge in [-0.2, -0.15) is 11.8 Å². The third-order valence-corrected chi connectivity index (χ3v) is 4.69. The van der Waals surface area contributed by atoms with Crippen LogP contribution in [0.25, 0.3) is 0 Å². The molecule has 3 nitrogen and oxygen atoms in total. The molecule has 0 saturated carbocycles. The van der Waals surface area contributed by atoms with Crippen LogP contribution >= 0.6 is 11.8 Å². The zero-order valence-corrected chi connectivity index (χ0v) is 12.6. The third-order valence-electron chi connectivity index (χ3n) is 3.31. The molecule has 0 amide bonds. The molecule has 0 bridgehead atoms. The maximum atomic E-state index is 10.7. The zero-order valence-electron chi connectivity index (χ0n) is 11.8. The lowest BCUT2D eigenvalue weighted by Gasteiger charge is -2.23. The molecule has 2 atom stereocenters. The minimum Gasteiger partial charge on any atom is -0.490 e. The predicted molar refractivity (Wildman–Crippen MR) is 79.2 cm³/mol. The van der Waals surface area contributed by atoms with E-state index in [2.05, 4.69) is 6.92 Å². The highest BCUT2D eigenvalue weighted by molar-refractivity contribution is 8.00. The highest BCUT2D eigenvalue weighted by Gasteiger charge is 2.38. The van der Waals surface area contributed by atoms with Gasteiger partial charge in [0.05, 0.1) is 18.8 Å². The number of thioether (sulfide) groups is 1. The molecule has 2 unspecified atom stereocenters. The van der Waals surface area contributed by atoms with Crippen LogP contribution in [0.15, 0.2) is 18.2 Å². The Labute approximate surface area is 119 Å². The Hall–Kier alpha value is -0.870. The van der Waals surface area contributed by atoms with E-state index in [1.807, 2.05) is 43.8 Å². The highest BCUT2D eigenvalue weighted by Crippen LogP contribution is 2.43. The van der Waals surface area contributed by atoms with E-state index in [9.17, 15) is 5.11 Å². The van der Waals surface area contributed by atoms with Crippen molar-refractivity contribution in [3.05, 3.63) is 23.8 Å². The van der Waals surface area contributed by atoms with Gasteiger partial charge in [-0.1, -0.05) is 13.0 Å². The lowest BCUT2D eigenvalue weighted by atomic mass is 9.91. The lowest BCUT2D eigenvalue weighted by molar-refractivity contribution is 0.0608. The van der Waals surface area contributed by atoms with E-state index in [4.69, 9.17) is 9.47 Å². The summed E-state index contributed by atoms with van der Waals surface area (Å²) < 4.78 is 11.2. The van der Waals surface area contributed by atoms with Crippen molar-refractivity contribution < 1.29 is 14.6 Å². The molecule has 106 valence electrons. The summed E-state index contributed by atoms with van der Waals surface area (Å²) in [7, 11) is 0. The van der Waals surface area contributed by atoms with Crippen LogP contribution in [-0.4, -0.2) is 29.3 Å². The molecule has 0 aliphatic carbocycles. The van der Waals surface area contributed by atoms with Crippen LogP contribution in [0, 0.1) is 0 Å². The van der Waals surface area contributed by atoms with Gasteiger partial charge in [0.25, 0.3) is 0 Å². The van der Waals surface area contributed by atoms with Crippen molar-refractivity contribution in [2.45, 2.75) is 38.0 Å². The molecule has 1 heterocycles. The smallest absolute Gasteiger partial charge is 0.161 e. The normalized spacial score (nSPS) is 26.4. The number of benzene rings is 1. The van der Waals surface area contributed by atoms with Crippen molar-refractivity contribution in [3.63, 3.8) is 0 Å². The molecular weight excluding hydrogens is 260 g/mol. The van der Waals surface area contributed by atoms with Crippen LogP contribution in [0.5, 0.6) is 11.5 Å². The second-order valence-electron chi connectivity index (χ2n) is 4.88. The van der Waals surface area contributed by atoms with Crippen LogP contribution in [-0.2, 0) is 5.60 Å². The van der Waals surface area contributed by atoms with E-state index in [1.165, 1.54) is 0 Å². The molecule has 0 spiro atoms. The van der Waals surface area contributed by atoms with Crippen LogP contribution in [0.4, 0.5) is 0 Å². The summed E-state index contributed by atoms with van der Waals surface area (Å²) in [5.74, 6) is 2.21. The molecule has 4 heteroatoms. The SMILES string of the molecule is CCOc1ccc(C2(O)CSC(C)C2)cc1OCC. The number of ether oxygens (including phenoxy) is 2. The fraction of sp³-hybridized carbons (Fsp3) is 0.600. The van der Waals surface area contributed by atoms with E-state index in [0.717, 1.165) is 29.2 Å². The van der Waals surface area contributed by atoms with Crippen molar-refractivity contribution in [2.75, 3.05) is 19.0 Å². The molecule has 2 rings (SSSR count). The Balaban J connectivity index is 2.29. The molecule has 1 saturated heterocycles. The largest absolute Gasteiger partial charge is 0.490 e. The first-order valence-corrected chi connectivity index (χ1v) is 7.88. The van der Waals surface area contributed by atoms with E-state index in [-0.39, 0.29) is 0 Å². The second-order valence-corrected chi connectivity index (χ2v) is 6.31. The van der Waals surface area contributed by atoms with Gasteiger partial charge in [-0.15, -0.1) is 0 Å². The average molecular weight is 282 g/mol. The highest BCUT2D eigenvalue weighted by atomic mass is 32.2. The Morgan fingerprint density at radius 2 is 1.95 bits per heavy atom. The summed E-state index contributed by atoms with van der Waals surface area (Å²) in [6.07, 6.45) is 0.789. The summed E-state index contributed by atoms with van der Waals surface area (Å²) in [5.41, 5.74) is 0.192. The Morgan fingerprint density at radius 3 is 2.53 bits per heavy atom. The fourth-order valence-corrected chi connectivity index (χ4v) is 3.65. The van der Waals surface area contributed by atoms with Crippen LogP contribution in [0.3, 0.4) is 0 Å². The maximum Gasteiger partial charge on any atom is 0.161 e. The van der Waals surface area contributed by atoms with E-state index in [1.54, 1.807) is 0 Å². The van der Waals surface area contributed by atoms with Gasteiger partial charge in [-0.3, -0.25) is 0 Å². The standard InChI is InChI=1S/C15H22O3S/c1-4-17-13-7-6-12(8-14(13)18-5-2)15(16)9-11(3)19-10-15/h6-8,11,16H,4-5,9-10H2,1-3H3. The Kier molecular flexibility index (Phi) is 4.63. The van der Waals surface area contributed by atoms with Gasteiger partial charge in [-0.05, 0) is 38.0 Å². The average Bonchev–Trinajstić information content (AvgIpc) is 2.73. The van der Waals surface area contributed by atoms with Crippen LogP contribution in [0.2, 0.25) is 0 Å². The predicted octanol–water partition coefficient (Wildman–Crippen LogP) is 3.20. The van der Waals surface area contributed by atoms with Crippen molar-refractivity contribution in [3.8, 4) is 11.5 Å². The molecule has 0 aromatic heterocycles. The first-order valence-electron chi connectivity index (χ1n) is 6.83. The molecule has 1 aliphatic rings. The van der Waals surface area contributed by atoms with E-state index in [0.29, 0.717) is 18.5 Å². The Bertz CT molecular complexity index is 435. The lowest BCUT2D eigenvalue weighted by Crippen LogP contribution is -2.25. The number of rotatable bonds is 5. The maximum absolute atomic E-state index is 10.7. The zero-order chi connectivity index (χ0) is 13.9. The fourth-order valence-electron chi connectivity index (χ4n) is 2.42. The van der Waals surface area contributed by atoms with Crippen molar-refractivity contribution in [2.24, 2.45) is 0 Å². The summed E-state index contributed by atoms with van der Waals surface area (Å²) in [6.45, 7) is 7.25. The minimum atomic E-state index is -0.735. The number of aliphatic hydroxyl groups is 1. The van der Waals surface area contributed by atoms with Crippen LogP contribution in [0.1, 0.15) is 32.8 Å². The summed E-state index contributed by atoms with van der Waals surface area (Å²) in [5, 5.41) is 11.2. The molecule has 1 aliphatic heterocycles. The third kappa shape index (κ3) is 3.18. The Morgan fingerprint density at radius 1 is 1.26 bits per heavy atom. The molecule has 0 radical (unpaired) electrons. The second kappa shape index (κ2) is 6.06. The molecular formula is C15H22O3S. The van der Waals surface area contributed by atoms with Gasteiger partial charge in [0, 0.05) is 11.0 Å². The molecule has 1 fully saturated rings. The first-order chi connectivity index (χ1) is 9.09. The summed E-state index contributed by atoms with van der Waals surface area (Å²) in [4.78, 5) is 0. The molecule has 1 N–H and O–H groups in total. The van der Waals surface area contributed by atoms with Crippen molar-refractivity contribution in [1.29, 1.82) is 0 Å². The van der Waals surface area contributed by atoms with Gasteiger partial charge < -0.3 is 14.6 Å². The summed E-state index contributed by atoms with van der Waals surface area (Å²) in [6, 6.07) is 5.77. The molecule has 1 aromatic carbocycles. The summed E-state index contributed by atoms with van der Waals surface area (Å²) >= 11 is 1.81. The van der Waals surface area contributed by atoms with Crippen molar-refractivity contribution >= 4 is 11.8 Å². The van der Waals surface area contributed by atoms with E-state index >= 15 is 0 Å². The first kappa shape index (κ1) is 14.5. The van der Waals surface area contributed by atoms with Gasteiger partial charge in [-0.25, -0.2) is 0 Å². The van der Waals surface area contributed by atoms with Gasteiger partial charge >= 0.3 is 0 Å². The quantitative estimate of drug-likeness (QED) is 0.900. The number of hydrogen-bond acceptors (Lipinski definition) is 4. The van der Waals surface area contributed by atoms with Crippen molar-refractivity contribution in [1.82, 2.24) is 0 Å². The van der Waals surface area contributed by atoms with E-state index < -0.39 is 5.60 Å². The van der Waals surface area contributed by atoms with Gasteiger partial charge in [0.2, 0.25) is 0 Å². The monoisotopic (exact) mass is 282 g/mol. The minimum absolute atomic E-state index is 0.493.